The summed E-state index contributed by atoms with van der Waals surface area (Å²) in [6.07, 6.45) is 0. The van der Waals surface area contributed by atoms with E-state index in [1.807, 2.05) is 0 Å². The van der Waals surface area contributed by atoms with Crippen LogP contribution in [0.3, 0.4) is 0 Å². The van der Waals surface area contributed by atoms with Gasteiger partial charge in [-0.05, 0) is 55.3 Å². The molecule has 0 aliphatic rings. The number of aromatic nitrogens is 2. The third-order valence-corrected chi connectivity index (χ3v) is 6.39. The van der Waals surface area contributed by atoms with E-state index < -0.39 is 59.2 Å². The zero-order valence-electron chi connectivity index (χ0n) is 20.9. The number of nitrogens with zero attached hydrogens (tertiary/aromatic N) is 2. The van der Waals surface area contributed by atoms with E-state index in [4.69, 9.17) is 10.5 Å². The highest BCUT2D eigenvalue weighted by Gasteiger charge is 2.24. The SMILES string of the molecule is COc1cccc(-c2c(C)n(Cc3c(F)cccc3F)c(=O)n(CC(N)c3cc(C)cc(F)c3)c2=O)c1F. The fourth-order valence-corrected chi connectivity index (χ4v) is 4.44. The van der Waals surface area contributed by atoms with Crippen molar-refractivity contribution < 1.29 is 22.3 Å². The molecule has 0 amide bonds. The molecule has 38 heavy (non-hydrogen) atoms. The number of halogens is 4. The molecule has 0 bridgehead atoms. The molecular weight excluding hydrogens is 502 g/mol. The molecule has 0 saturated carbocycles. The van der Waals surface area contributed by atoms with Crippen LogP contribution in [0.25, 0.3) is 11.1 Å². The zero-order valence-corrected chi connectivity index (χ0v) is 20.9. The molecular formula is C28H25F4N3O3. The van der Waals surface area contributed by atoms with Crippen molar-refractivity contribution in [1.29, 1.82) is 0 Å². The molecule has 0 saturated heterocycles. The van der Waals surface area contributed by atoms with E-state index in [0.717, 1.165) is 21.3 Å². The average molecular weight is 528 g/mol. The maximum absolute atomic E-state index is 15.3. The van der Waals surface area contributed by atoms with Gasteiger partial charge in [0.15, 0.2) is 11.6 Å². The number of hydrogen-bond donors (Lipinski definition) is 1. The van der Waals surface area contributed by atoms with Crippen LogP contribution in [0.5, 0.6) is 5.75 Å². The van der Waals surface area contributed by atoms with Crippen molar-refractivity contribution in [3.8, 4) is 16.9 Å². The van der Waals surface area contributed by atoms with Crippen LogP contribution in [0.1, 0.15) is 28.4 Å². The summed E-state index contributed by atoms with van der Waals surface area (Å²) in [6.45, 7) is 2.07. The molecule has 0 aliphatic heterocycles. The van der Waals surface area contributed by atoms with E-state index in [1.165, 1.54) is 50.4 Å². The van der Waals surface area contributed by atoms with Crippen molar-refractivity contribution in [3.63, 3.8) is 0 Å². The van der Waals surface area contributed by atoms with Crippen LogP contribution in [-0.4, -0.2) is 16.2 Å². The lowest BCUT2D eigenvalue weighted by molar-refractivity contribution is 0.387. The van der Waals surface area contributed by atoms with Gasteiger partial charge in [0.2, 0.25) is 0 Å². The molecule has 10 heteroatoms. The van der Waals surface area contributed by atoms with Gasteiger partial charge in [0.05, 0.1) is 25.8 Å². The minimum atomic E-state index is -1.00. The van der Waals surface area contributed by atoms with Gasteiger partial charge in [-0.2, -0.15) is 0 Å². The molecule has 4 rings (SSSR count). The van der Waals surface area contributed by atoms with E-state index in [0.29, 0.717) is 11.1 Å². The Morgan fingerprint density at radius 3 is 2.21 bits per heavy atom. The Morgan fingerprint density at radius 2 is 1.58 bits per heavy atom. The van der Waals surface area contributed by atoms with Gasteiger partial charge in [-0.25, -0.2) is 22.4 Å². The second kappa shape index (κ2) is 10.7. The highest BCUT2D eigenvalue weighted by molar-refractivity contribution is 5.67. The summed E-state index contributed by atoms with van der Waals surface area (Å²) in [5.41, 5.74) is 4.60. The van der Waals surface area contributed by atoms with Crippen molar-refractivity contribution in [2.45, 2.75) is 33.0 Å². The van der Waals surface area contributed by atoms with Crippen LogP contribution in [-0.2, 0) is 13.1 Å². The van der Waals surface area contributed by atoms with E-state index in [2.05, 4.69) is 0 Å². The predicted molar refractivity (Wildman–Crippen MR) is 135 cm³/mol. The van der Waals surface area contributed by atoms with Crippen molar-refractivity contribution >= 4 is 0 Å². The van der Waals surface area contributed by atoms with Crippen LogP contribution in [0.15, 0.2) is 64.2 Å². The molecule has 3 aromatic carbocycles. The standard InChI is InChI=1S/C28H25F4N3O3/c1-15-10-17(12-18(29)11-15)23(33)14-35-27(36)25(19-6-4-9-24(38-3)26(19)32)16(2)34(28(35)37)13-20-21(30)7-5-8-22(20)31/h4-12,23H,13-14,33H2,1-3H3. The largest absolute Gasteiger partial charge is 0.494 e. The Morgan fingerprint density at radius 1 is 0.921 bits per heavy atom. The van der Waals surface area contributed by atoms with Crippen molar-refractivity contribution in [2.24, 2.45) is 5.73 Å². The first-order valence-corrected chi connectivity index (χ1v) is 11.7. The Kier molecular flexibility index (Phi) is 7.54. The maximum Gasteiger partial charge on any atom is 0.331 e. The predicted octanol–water partition coefficient (Wildman–Crippen LogP) is 4.61. The Hall–Kier alpha value is -4.18. The second-order valence-electron chi connectivity index (χ2n) is 8.94. The quantitative estimate of drug-likeness (QED) is 0.356. The van der Waals surface area contributed by atoms with Gasteiger partial charge in [-0.15, -0.1) is 0 Å². The number of methoxy groups -OCH3 is 1. The van der Waals surface area contributed by atoms with Gasteiger partial charge in [0.1, 0.15) is 17.5 Å². The number of hydrogen-bond acceptors (Lipinski definition) is 4. The molecule has 6 nitrogen and oxygen atoms in total. The van der Waals surface area contributed by atoms with E-state index in [1.54, 1.807) is 13.0 Å². The number of nitrogens with two attached hydrogens (primary N) is 1. The van der Waals surface area contributed by atoms with Gasteiger partial charge in [0, 0.05) is 22.9 Å². The molecule has 1 atom stereocenters. The van der Waals surface area contributed by atoms with Crippen LogP contribution >= 0.6 is 0 Å². The summed E-state index contributed by atoms with van der Waals surface area (Å²) in [7, 11) is 1.26. The second-order valence-corrected chi connectivity index (χ2v) is 8.94. The fourth-order valence-electron chi connectivity index (χ4n) is 4.44. The van der Waals surface area contributed by atoms with Crippen LogP contribution in [0.2, 0.25) is 0 Å². The minimum absolute atomic E-state index is 0.0128. The molecule has 0 radical (unpaired) electrons. The molecule has 1 aromatic heterocycles. The summed E-state index contributed by atoms with van der Waals surface area (Å²) in [4.78, 5) is 27.2. The van der Waals surface area contributed by atoms with Gasteiger partial charge >= 0.3 is 5.69 Å². The van der Waals surface area contributed by atoms with E-state index in [9.17, 15) is 22.8 Å². The van der Waals surface area contributed by atoms with Gasteiger partial charge in [0.25, 0.3) is 5.56 Å². The summed E-state index contributed by atoms with van der Waals surface area (Å²) in [5, 5.41) is 0. The summed E-state index contributed by atoms with van der Waals surface area (Å²) < 4.78 is 65.1. The minimum Gasteiger partial charge on any atom is -0.494 e. The lowest BCUT2D eigenvalue weighted by Gasteiger charge is -2.21. The van der Waals surface area contributed by atoms with Crippen LogP contribution in [0.4, 0.5) is 17.6 Å². The van der Waals surface area contributed by atoms with Crippen molar-refractivity contribution in [1.82, 2.24) is 9.13 Å². The zero-order chi connectivity index (χ0) is 27.7. The van der Waals surface area contributed by atoms with Gasteiger partial charge < -0.3 is 10.5 Å². The first-order valence-electron chi connectivity index (χ1n) is 11.7. The Bertz CT molecular complexity index is 1610. The third-order valence-electron chi connectivity index (χ3n) is 6.39. The Labute approximate surface area is 215 Å². The van der Waals surface area contributed by atoms with Crippen molar-refractivity contribution in [3.05, 3.63) is 121 Å². The molecule has 4 aromatic rings. The summed E-state index contributed by atoms with van der Waals surface area (Å²) in [5.74, 6) is -3.32. The molecule has 2 N–H and O–H groups in total. The van der Waals surface area contributed by atoms with Crippen LogP contribution < -0.4 is 21.7 Å². The third kappa shape index (κ3) is 4.99. The number of ether oxygens (including phenoxy) is 1. The molecule has 0 aliphatic carbocycles. The Balaban J connectivity index is 1.97. The smallest absolute Gasteiger partial charge is 0.331 e. The normalized spacial score (nSPS) is 12.0. The first kappa shape index (κ1) is 26.9. The molecule has 0 fully saturated rings. The number of rotatable bonds is 7. The lowest BCUT2D eigenvalue weighted by atomic mass is 10.0. The molecule has 1 unspecified atom stereocenters. The fraction of sp³-hybridized carbons (Fsp3) is 0.214. The number of aryl methyl sites for hydroxylation is 1. The van der Waals surface area contributed by atoms with Crippen LogP contribution in [0, 0.1) is 37.1 Å². The molecule has 198 valence electrons. The van der Waals surface area contributed by atoms with Gasteiger partial charge in [-0.3, -0.25) is 13.9 Å². The highest BCUT2D eigenvalue weighted by Crippen LogP contribution is 2.29. The monoisotopic (exact) mass is 527 g/mol. The lowest BCUT2D eigenvalue weighted by Crippen LogP contribution is -2.44. The topological polar surface area (TPSA) is 79.2 Å². The van der Waals surface area contributed by atoms with E-state index in [-0.39, 0.29) is 22.6 Å². The highest BCUT2D eigenvalue weighted by atomic mass is 19.1. The number of benzene rings is 3. The van der Waals surface area contributed by atoms with Gasteiger partial charge in [-0.1, -0.05) is 24.3 Å². The average Bonchev–Trinajstić information content (AvgIpc) is 2.86. The first-order chi connectivity index (χ1) is 18.0. The van der Waals surface area contributed by atoms with Crippen molar-refractivity contribution in [2.75, 3.05) is 7.11 Å². The van der Waals surface area contributed by atoms with E-state index >= 15 is 4.39 Å². The molecule has 0 spiro atoms. The maximum atomic E-state index is 15.3. The molecule has 1 heterocycles. The summed E-state index contributed by atoms with van der Waals surface area (Å²) >= 11 is 0. The summed E-state index contributed by atoms with van der Waals surface area (Å²) in [6, 6.07) is 10.5.